The molecule has 5 rings (SSSR count). The van der Waals surface area contributed by atoms with Crippen LogP contribution in [0.5, 0.6) is 5.75 Å². The van der Waals surface area contributed by atoms with Gasteiger partial charge in [0, 0.05) is 36.4 Å². The van der Waals surface area contributed by atoms with Crippen molar-refractivity contribution < 1.29 is 31.1 Å². The van der Waals surface area contributed by atoms with Crippen LogP contribution in [0.1, 0.15) is 51.4 Å². The third kappa shape index (κ3) is 5.12. The Labute approximate surface area is 198 Å². The predicted molar refractivity (Wildman–Crippen MR) is 121 cm³/mol. The van der Waals surface area contributed by atoms with E-state index in [9.17, 15) is 26.4 Å². The minimum atomic E-state index is -3.56. The normalized spacial score (nSPS) is 28.9. The molecule has 10 heteroatoms. The number of hydrogen-bond donors (Lipinski definition) is 2. The van der Waals surface area contributed by atoms with E-state index in [2.05, 4.69) is 5.32 Å². The summed E-state index contributed by atoms with van der Waals surface area (Å²) >= 11 is 0. The molecule has 0 heterocycles. The molecule has 0 saturated heterocycles. The lowest BCUT2D eigenvalue weighted by Crippen LogP contribution is -2.57. The van der Waals surface area contributed by atoms with Crippen LogP contribution >= 0.6 is 0 Å². The number of halogens is 3. The third-order valence-corrected chi connectivity index (χ3v) is 9.81. The number of alkyl halides is 2. The van der Waals surface area contributed by atoms with E-state index in [1.165, 1.54) is 24.3 Å². The van der Waals surface area contributed by atoms with E-state index in [0.717, 1.165) is 0 Å². The van der Waals surface area contributed by atoms with Crippen LogP contribution in [0.3, 0.4) is 0 Å². The molecule has 34 heavy (non-hydrogen) atoms. The highest BCUT2D eigenvalue weighted by atomic mass is 32.2. The number of carbonyl (C=O) groups is 1. The quantitative estimate of drug-likeness (QED) is 0.536. The lowest BCUT2D eigenvalue weighted by molar-refractivity contribution is -0.146. The number of rotatable bonds is 9. The third-order valence-electron chi connectivity index (χ3n) is 7.83. The summed E-state index contributed by atoms with van der Waals surface area (Å²) in [6, 6.07) is 5.59. The summed E-state index contributed by atoms with van der Waals surface area (Å²) in [7, 11) is -3.56. The number of fused-ring (bicyclic) bond motifs is 3. The van der Waals surface area contributed by atoms with Gasteiger partial charge in [0.2, 0.25) is 5.91 Å². The molecule has 188 valence electrons. The average molecular weight is 501 g/mol. The predicted octanol–water partition coefficient (Wildman–Crippen LogP) is 3.91. The van der Waals surface area contributed by atoms with Gasteiger partial charge in [0.05, 0.1) is 17.0 Å². The maximum absolute atomic E-state index is 13.2. The molecule has 4 saturated carbocycles. The highest BCUT2D eigenvalue weighted by Gasteiger charge is 2.55. The lowest BCUT2D eigenvalue weighted by Gasteiger charge is -2.53. The molecule has 0 atom stereocenters. The zero-order valence-electron chi connectivity index (χ0n) is 19.0. The maximum atomic E-state index is 13.2. The molecule has 1 aromatic carbocycles. The highest BCUT2D eigenvalue weighted by Crippen LogP contribution is 2.58. The van der Waals surface area contributed by atoms with Crippen molar-refractivity contribution >= 4 is 15.7 Å². The number of hydrogen-bond acceptors (Lipinski definition) is 5. The van der Waals surface area contributed by atoms with Crippen molar-refractivity contribution in [1.29, 1.82) is 0 Å². The molecule has 0 spiro atoms. The molecule has 0 aliphatic heterocycles. The fraction of sp³-hybridized carbons (Fsp3) is 0.625. The molecule has 6 nitrogen and oxygen atoms in total. The van der Waals surface area contributed by atoms with Gasteiger partial charge in [0.25, 0.3) is 5.92 Å². The van der Waals surface area contributed by atoms with Crippen LogP contribution < -0.4 is 15.8 Å². The van der Waals surface area contributed by atoms with Gasteiger partial charge in [0.1, 0.15) is 12.4 Å². The molecule has 4 aliphatic carbocycles. The van der Waals surface area contributed by atoms with E-state index >= 15 is 0 Å². The van der Waals surface area contributed by atoms with Gasteiger partial charge in [-0.25, -0.2) is 21.6 Å². The van der Waals surface area contributed by atoms with Gasteiger partial charge in [-0.1, -0.05) is 0 Å². The Bertz CT molecular complexity index is 1020. The number of nitrogens with one attached hydrogen (secondary N) is 1. The summed E-state index contributed by atoms with van der Waals surface area (Å²) in [5.41, 5.74) is 4.75. The second-order valence-corrected chi connectivity index (χ2v) is 12.2. The first-order chi connectivity index (χ1) is 16.0. The molecule has 3 N–H and O–H groups in total. The summed E-state index contributed by atoms with van der Waals surface area (Å²) in [5.74, 6) is -2.41. The van der Waals surface area contributed by atoms with Crippen molar-refractivity contribution in [2.45, 2.75) is 68.2 Å². The summed E-state index contributed by atoms with van der Waals surface area (Å²) < 4.78 is 70.5. The molecule has 1 amide bonds. The second kappa shape index (κ2) is 9.18. The maximum Gasteiger partial charge on any atom is 0.252 e. The van der Waals surface area contributed by atoms with E-state index in [1.807, 2.05) is 0 Å². The van der Waals surface area contributed by atoms with Gasteiger partial charge >= 0.3 is 0 Å². The van der Waals surface area contributed by atoms with Gasteiger partial charge in [-0.05, 0) is 68.2 Å². The van der Waals surface area contributed by atoms with Crippen molar-refractivity contribution in [2.75, 3.05) is 18.9 Å². The van der Waals surface area contributed by atoms with E-state index in [4.69, 9.17) is 10.5 Å². The van der Waals surface area contributed by atoms with Crippen LogP contribution in [0.4, 0.5) is 13.2 Å². The fourth-order valence-electron chi connectivity index (χ4n) is 5.46. The SMILES string of the molecule is NC/C(=C\F)COc1ccc(S(=O)(=O)CC23CCC(C(=O)NC4CC(F)(F)C4)(CC2)CC3)cc1. The van der Waals surface area contributed by atoms with Gasteiger partial charge < -0.3 is 15.8 Å². The summed E-state index contributed by atoms with van der Waals surface area (Å²) in [6.07, 6.45) is 3.40. The zero-order valence-corrected chi connectivity index (χ0v) is 19.8. The Morgan fingerprint density at radius 3 is 2.18 bits per heavy atom. The van der Waals surface area contributed by atoms with Crippen molar-refractivity contribution in [3.63, 3.8) is 0 Å². The minimum absolute atomic E-state index is 0.00859. The molecule has 0 unspecified atom stereocenters. The topological polar surface area (TPSA) is 98.5 Å². The van der Waals surface area contributed by atoms with E-state index < -0.39 is 27.2 Å². The zero-order chi connectivity index (χ0) is 24.6. The van der Waals surface area contributed by atoms with E-state index in [1.54, 1.807) is 0 Å². The van der Waals surface area contributed by atoms with Crippen LogP contribution in [0.2, 0.25) is 0 Å². The Balaban J connectivity index is 1.34. The van der Waals surface area contributed by atoms with Crippen LogP contribution in [-0.2, 0) is 14.6 Å². The van der Waals surface area contributed by atoms with Gasteiger partial charge in [-0.3, -0.25) is 4.79 Å². The Kier molecular flexibility index (Phi) is 6.76. The first kappa shape index (κ1) is 25.0. The Hall–Kier alpha value is -2.07. The smallest absolute Gasteiger partial charge is 0.252 e. The largest absolute Gasteiger partial charge is 0.489 e. The monoisotopic (exact) mass is 500 g/mol. The van der Waals surface area contributed by atoms with Crippen molar-refractivity contribution in [3.8, 4) is 5.75 Å². The number of amides is 1. The molecular formula is C24H31F3N2O4S. The summed E-state index contributed by atoms with van der Waals surface area (Å²) in [6.45, 7) is 0.0191. The van der Waals surface area contributed by atoms with Crippen LogP contribution in [-0.4, -0.2) is 45.2 Å². The number of ether oxygens (including phenoxy) is 1. The summed E-state index contributed by atoms with van der Waals surface area (Å²) in [5, 5.41) is 2.79. The number of benzene rings is 1. The number of sulfone groups is 1. The molecule has 0 aromatic heterocycles. The fourth-order valence-corrected chi connectivity index (χ4v) is 7.42. The van der Waals surface area contributed by atoms with Crippen LogP contribution in [0.15, 0.2) is 41.1 Å². The second-order valence-electron chi connectivity index (χ2n) is 10.2. The van der Waals surface area contributed by atoms with E-state index in [-0.39, 0.29) is 48.0 Å². The molecule has 4 aliphatic rings. The first-order valence-electron chi connectivity index (χ1n) is 11.6. The average Bonchev–Trinajstić information content (AvgIpc) is 2.79. The van der Waals surface area contributed by atoms with Gasteiger partial charge in [0.15, 0.2) is 9.84 Å². The Morgan fingerprint density at radius 2 is 1.68 bits per heavy atom. The van der Waals surface area contributed by atoms with Crippen LogP contribution in [0, 0.1) is 10.8 Å². The number of nitrogens with two attached hydrogens (primary N) is 1. The molecule has 4 fully saturated rings. The van der Waals surface area contributed by atoms with Crippen molar-refractivity contribution in [2.24, 2.45) is 16.6 Å². The van der Waals surface area contributed by atoms with Gasteiger partial charge in [-0.15, -0.1) is 0 Å². The Morgan fingerprint density at radius 1 is 1.09 bits per heavy atom. The van der Waals surface area contributed by atoms with Gasteiger partial charge in [-0.2, -0.15) is 0 Å². The summed E-state index contributed by atoms with van der Waals surface area (Å²) in [4.78, 5) is 13.0. The molecular weight excluding hydrogens is 469 g/mol. The molecule has 0 radical (unpaired) electrons. The van der Waals surface area contributed by atoms with Crippen LogP contribution in [0.25, 0.3) is 0 Å². The van der Waals surface area contributed by atoms with Crippen molar-refractivity contribution in [1.82, 2.24) is 5.32 Å². The van der Waals surface area contributed by atoms with Crippen molar-refractivity contribution in [3.05, 3.63) is 36.2 Å². The molecule has 1 aromatic rings. The standard InChI is InChI=1S/C24H31F3N2O4S/c25-13-17(14-28)15-33-19-1-3-20(4-2-19)34(31,32)16-22-5-8-23(9-6-22,10-7-22)21(30)29-18-11-24(26,27)12-18/h1-4,13,18H,5-12,14-16,28H2,(H,29,30)/b17-13+. The lowest BCUT2D eigenvalue weighted by atomic mass is 9.54. The molecule has 2 bridgehead atoms. The highest BCUT2D eigenvalue weighted by molar-refractivity contribution is 7.91. The number of carbonyl (C=O) groups excluding carboxylic acids is 1. The van der Waals surface area contributed by atoms with E-state index in [0.29, 0.717) is 56.2 Å². The first-order valence-corrected chi connectivity index (χ1v) is 13.3. The minimum Gasteiger partial charge on any atom is -0.489 e.